The van der Waals surface area contributed by atoms with E-state index in [-0.39, 0.29) is 0 Å². The Morgan fingerprint density at radius 2 is 1.76 bits per heavy atom. The maximum absolute atomic E-state index is 5.36. The summed E-state index contributed by atoms with van der Waals surface area (Å²) in [5.74, 6) is 0.936. The summed E-state index contributed by atoms with van der Waals surface area (Å²) in [5, 5.41) is 0. The highest BCUT2D eigenvalue weighted by molar-refractivity contribution is 7.97. The van der Waals surface area contributed by atoms with E-state index < -0.39 is 0 Å². The third kappa shape index (κ3) is 3.15. The molecule has 0 N–H and O–H groups in total. The molecular weight excluding hydrogens is 234 g/mol. The molecule has 0 bridgehead atoms. The van der Waals surface area contributed by atoms with Gasteiger partial charge < -0.3 is 9.47 Å². The molecule has 94 valence electrons. The molecule has 0 amide bonds. The molecule has 0 atom stereocenters. The van der Waals surface area contributed by atoms with E-state index in [4.69, 9.17) is 9.47 Å². The van der Waals surface area contributed by atoms with E-state index in [1.807, 2.05) is 11.9 Å². The molecule has 3 nitrogen and oxygen atoms in total. The molecule has 1 fully saturated rings. The van der Waals surface area contributed by atoms with Crippen LogP contribution >= 0.6 is 11.9 Å². The number of methoxy groups -OCH3 is 1. The highest BCUT2D eigenvalue weighted by atomic mass is 32.2. The molecule has 0 radical (unpaired) electrons. The van der Waals surface area contributed by atoms with Crippen molar-refractivity contribution in [1.82, 2.24) is 4.31 Å². The number of ether oxygens (including phenoxy) is 2. The summed E-state index contributed by atoms with van der Waals surface area (Å²) in [5.41, 5.74) is 2.55. The van der Waals surface area contributed by atoms with Gasteiger partial charge >= 0.3 is 0 Å². The van der Waals surface area contributed by atoms with Gasteiger partial charge in [0.2, 0.25) is 0 Å². The lowest BCUT2D eigenvalue weighted by Crippen LogP contribution is -2.31. The van der Waals surface area contributed by atoms with Crippen molar-refractivity contribution in [3.05, 3.63) is 23.3 Å². The number of hydrogen-bond donors (Lipinski definition) is 0. The van der Waals surface area contributed by atoms with Crippen molar-refractivity contribution in [2.24, 2.45) is 0 Å². The lowest BCUT2D eigenvalue weighted by Gasteiger charge is -2.26. The van der Waals surface area contributed by atoms with Crippen molar-refractivity contribution >= 4 is 11.9 Å². The normalized spacial score (nSPS) is 17.1. The Hall–Kier alpha value is -0.710. The summed E-state index contributed by atoms with van der Waals surface area (Å²) in [6.07, 6.45) is 0. The Balaban J connectivity index is 2.14. The molecule has 0 aliphatic carbocycles. The maximum Gasteiger partial charge on any atom is 0.119 e. The number of hydrogen-bond acceptors (Lipinski definition) is 4. The minimum absolute atomic E-state index is 0.835. The van der Waals surface area contributed by atoms with Crippen LogP contribution in [0.5, 0.6) is 5.75 Å². The predicted molar refractivity (Wildman–Crippen MR) is 70.7 cm³/mol. The molecule has 1 aliphatic heterocycles. The van der Waals surface area contributed by atoms with Crippen LogP contribution in [-0.2, 0) is 4.74 Å². The van der Waals surface area contributed by atoms with Gasteiger partial charge in [-0.1, -0.05) is 0 Å². The Morgan fingerprint density at radius 1 is 1.18 bits per heavy atom. The summed E-state index contributed by atoms with van der Waals surface area (Å²) in [6, 6.07) is 4.19. The summed E-state index contributed by atoms with van der Waals surface area (Å²) >= 11 is 1.83. The van der Waals surface area contributed by atoms with Crippen molar-refractivity contribution in [1.29, 1.82) is 0 Å². The zero-order chi connectivity index (χ0) is 12.3. The summed E-state index contributed by atoms with van der Waals surface area (Å²) in [6.45, 7) is 7.93. The molecule has 1 heterocycles. The van der Waals surface area contributed by atoms with Gasteiger partial charge in [-0.15, -0.1) is 0 Å². The van der Waals surface area contributed by atoms with Gasteiger partial charge in [-0.05, 0) is 49.1 Å². The molecule has 17 heavy (non-hydrogen) atoms. The van der Waals surface area contributed by atoms with E-state index >= 15 is 0 Å². The van der Waals surface area contributed by atoms with Gasteiger partial charge in [0.05, 0.1) is 20.3 Å². The second kappa shape index (κ2) is 5.76. The first-order valence-corrected chi connectivity index (χ1v) is 6.64. The monoisotopic (exact) mass is 253 g/mol. The van der Waals surface area contributed by atoms with E-state index in [2.05, 4.69) is 30.3 Å². The molecule has 1 aromatic rings. The summed E-state index contributed by atoms with van der Waals surface area (Å²) in [7, 11) is 1.71. The summed E-state index contributed by atoms with van der Waals surface area (Å²) < 4.78 is 13.0. The second-order valence-corrected chi connectivity index (χ2v) is 5.33. The minimum atomic E-state index is 0.835. The highest BCUT2D eigenvalue weighted by Gasteiger charge is 2.15. The standard InChI is InChI=1S/C13H19NO2S/c1-10-8-12(15-3)9-11(2)13(10)17-14-4-6-16-7-5-14/h8-9H,4-7H2,1-3H3. The molecule has 0 aromatic heterocycles. The smallest absolute Gasteiger partial charge is 0.119 e. The lowest BCUT2D eigenvalue weighted by molar-refractivity contribution is 0.0773. The minimum Gasteiger partial charge on any atom is -0.497 e. The molecular formula is C13H19NO2S. The SMILES string of the molecule is COc1cc(C)c(SN2CCOCC2)c(C)c1. The van der Waals surface area contributed by atoms with Crippen molar-refractivity contribution < 1.29 is 9.47 Å². The van der Waals surface area contributed by atoms with Crippen molar-refractivity contribution in [2.75, 3.05) is 33.4 Å². The number of aryl methyl sites for hydroxylation is 2. The number of morpholine rings is 1. The van der Waals surface area contributed by atoms with E-state index in [0.29, 0.717) is 0 Å². The van der Waals surface area contributed by atoms with Crippen LogP contribution in [0.25, 0.3) is 0 Å². The van der Waals surface area contributed by atoms with Gasteiger partial charge in [0.15, 0.2) is 0 Å². The van der Waals surface area contributed by atoms with E-state index in [1.54, 1.807) is 7.11 Å². The molecule has 4 heteroatoms. The van der Waals surface area contributed by atoms with Crippen LogP contribution in [0.4, 0.5) is 0 Å². The first-order chi connectivity index (χ1) is 8.20. The largest absolute Gasteiger partial charge is 0.497 e. The van der Waals surface area contributed by atoms with Crippen molar-refractivity contribution in [3.63, 3.8) is 0 Å². The zero-order valence-corrected chi connectivity index (χ0v) is 11.5. The van der Waals surface area contributed by atoms with Crippen LogP contribution in [-0.4, -0.2) is 37.7 Å². The topological polar surface area (TPSA) is 21.7 Å². The number of benzene rings is 1. The fourth-order valence-corrected chi connectivity index (χ4v) is 2.94. The van der Waals surface area contributed by atoms with Crippen LogP contribution in [0.15, 0.2) is 17.0 Å². The van der Waals surface area contributed by atoms with Gasteiger partial charge in [-0.2, -0.15) is 0 Å². The van der Waals surface area contributed by atoms with E-state index in [1.165, 1.54) is 16.0 Å². The van der Waals surface area contributed by atoms with Gasteiger partial charge in [-0.25, -0.2) is 4.31 Å². The Kier molecular flexibility index (Phi) is 4.31. The van der Waals surface area contributed by atoms with Crippen molar-refractivity contribution in [2.45, 2.75) is 18.7 Å². The highest BCUT2D eigenvalue weighted by Crippen LogP contribution is 2.32. The van der Waals surface area contributed by atoms with Gasteiger partial charge in [0.1, 0.15) is 5.75 Å². The van der Waals surface area contributed by atoms with Gasteiger partial charge in [0.25, 0.3) is 0 Å². The molecule has 0 saturated carbocycles. The molecule has 1 saturated heterocycles. The van der Waals surface area contributed by atoms with Crippen LogP contribution in [0.1, 0.15) is 11.1 Å². The maximum atomic E-state index is 5.36. The Bertz CT molecular complexity index is 366. The van der Waals surface area contributed by atoms with E-state index in [0.717, 1.165) is 32.1 Å². The van der Waals surface area contributed by atoms with Crippen LogP contribution in [0.3, 0.4) is 0 Å². The lowest BCUT2D eigenvalue weighted by atomic mass is 10.1. The zero-order valence-electron chi connectivity index (χ0n) is 10.7. The predicted octanol–water partition coefficient (Wildman–Crippen LogP) is 2.65. The molecule has 1 aromatic carbocycles. The number of rotatable bonds is 3. The van der Waals surface area contributed by atoms with Crippen LogP contribution in [0.2, 0.25) is 0 Å². The second-order valence-electron chi connectivity index (χ2n) is 4.22. The molecule has 0 unspecified atom stereocenters. The third-order valence-corrected chi connectivity index (χ3v) is 4.31. The Labute approximate surface area is 107 Å². The fraction of sp³-hybridized carbons (Fsp3) is 0.538. The Morgan fingerprint density at radius 3 is 2.29 bits per heavy atom. The molecule has 2 rings (SSSR count). The van der Waals surface area contributed by atoms with Crippen LogP contribution < -0.4 is 4.74 Å². The average Bonchev–Trinajstić information content (AvgIpc) is 2.35. The third-order valence-electron chi connectivity index (χ3n) is 2.86. The average molecular weight is 253 g/mol. The molecule has 1 aliphatic rings. The van der Waals surface area contributed by atoms with Gasteiger partial charge in [-0.3, -0.25) is 0 Å². The fourth-order valence-electron chi connectivity index (χ4n) is 1.94. The quantitative estimate of drug-likeness (QED) is 0.772. The van der Waals surface area contributed by atoms with Crippen molar-refractivity contribution in [3.8, 4) is 5.75 Å². The van der Waals surface area contributed by atoms with Gasteiger partial charge in [0, 0.05) is 18.0 Å². The summed E-state index contributed by atoms with van der Waals surface area (Å²) in [4.78, 5) is 1.34. The number of nitrogens with zero attached hydrogens (tertiary/aromatic N) is 1. The molecule has 0 spiro atoms. The van der Waals surface area contributed by atoms with E-state index in [9.17, 15) is 0 Å². The van der Waals surface area contributed by atoms with Crippen LogP contribution in [0, 0.1) is 13.8 Å². The first-order valence-electron chi connectivity index (χ1n) is 5.86. The first kappa shape index (κ1) is 12.7.